The number of imidazole rings is 2. The molecule has 7 aromatic rings. The number of aromatic amines is 2. The summed E-state index contributed by atoms with van der Waals surface area (Å²) in [7, 11) is 2.46. The molecule has 4 amide bonds. The third kappa shape index (κ3) is 10.6. The number of fused-ring (bicyclic) bond motifs is 3. The van der Waals surface area contributed by atoms with Gasteiger partial charge in [-0.25, -0.2) is 37.1 Å². The number of rotatable bonds is 13. The highest BCUT2D eigenvalue weighted by molar-refractivity contribution is 5.88. The van der Waals surface area contributed by atoms with Gasteiger partial charge < -0.3 is 49.7 Å². The number of H-pyrrole nitrogens is 2. The smallest absolute Gasteiger partial charge is 0.407 e. The summed E-state index contributed by atoms with van der Waals surface area (Å²) in [6.07, 6.45) is 2.89. The van der Waals surface area contributed by atoms with Crippen molar-refractivity contribution in [2.45, 2.75) is 121 Å². The molecule has 426 valence electrons. The highest BCUT2D eigenvalue weighted by Gasteiger charge is 2.43. The van der Waals surface area contributed by atoms with Crippen LogP contribution < -0.4 is 20.4 Å². The van der Waals surface area contributed by atoms with Gasteiger partial charge in [0.1, 0.15) is 41.1 Å². The largest absolute Gasteiger partial charge is 0.453 e. The lowest BCUT2D eigenvalue weighted by atomic mass is 9.88. The zero-order valence-corrected chi connectivity index (χ0v) is 46.3. The van der Waals surface area contributed by atoms with Crippen molar-refractivity contribution in [2.24, 2.45) is 11.8 Å². The highest BCUT2D eigenvalue weighted by atomic mass is 19.1. The number of aromatic nitrogens is 4. The second-order valence-corrected chi connectivity index (χ2v) is 22.8. The van der Waals surface area contributed by atoms with E-state index in [0.717, 1.165) is 10.8 Å². The van der Waals surface area contributed by atoms with E-state index in [4.69, 9.17) is 19.4 Å². The summed E-state index contributed by atoms with van der Waals surface area (Å²) >= 11 is 0. The molecule has 2 aromatic heterocycles. The molecule has 4 N–H and O–H groups in total. The van der Waals surface area contributed by atoms with E-state index in [1.54, 1.807) is 31.7 Å². The first-order valence-electron chi connectivity index (χ1n) is 28.2. The minimum atomic E-state index is -0.863. The SMILES string of the molecule is COC(=O)N[C@H](C(=O)N1CCC[C@H]1c1nc2cc([C@H]3CC[C@H](c4cc5nc([C@@H]6CCCN6C(=O)[C@@H](NC(=O)OC)C(C)C)[nH]c5cc4F)N3c3cc(F)c(N4CCC(c5ccc6ccccc6c5)CC4)c(F)c3)c(F)cc2[nH]1)C(C)C. The van der Waals surface area contributed by atoms with Crippen LogP contribution in [0.5, 0.6) is 0 Å². The fourth-order valence-corrected chi connectivity index (χ4v) is 13.0. The quantitative estimate of drug-likeness (QED) is 0.0811. The number of methoxy groups -OCH3 is 2. The van der Waals surface area contributed by atoms with Crippen LogP contribution in [0.4, 0.5) is 38.5 Å². The van der Waals surface area contributed by atoms with Gasteiger partial charge in [0.25, 0.3) is 0 Å². The lowest BCUT2D eigenvalue weighted by molar-refractivity contribution is -0.136. The summed E-state index contributed by atoms with van der Waals surface area (Å²) in [6.45, 7) is 8.96. The maximum absolute atomic E-state index is 17.0. The maximum Gasteiger partial charge on any atom is 0.407 e. The molecule has 0 unspecified atom stereocenters. The first-order valence-corrected chi connectivity index (χ1v) is 28.2. The van der Waals surface area contributed by atoms with Crippen LogP contribution in [0, 0.1) is 35.1 Å². The number of ether oxygens (including phenoxy) is 2. The Morgan fingerprint density at radius 2 is 1.05 bits per heavy atom. The Balaban J connectivity index is 0.927. The van der Waals surface area contributed by atoms with Gasteiger partial charge >= 0.3 is 12.2 Å². The molecule has 4 aliphatic rings. The van der Waals surface area contributed by atoms with Crippen molar-refractivity contribution in [1.29, 1.82) is 0 Å². The Kier molecular flexibility index (Phi) is 15.3. The number of anilines is 2. The summed E-state index contributed by atoms with van der Waals surface area (Å²) in [5.74, 6) is -2.86. The van der Waals surface area contributed by atoms with Crippen molar-refractivity contribution in [1.82, 2.24) is 40.4 Å². The van der Waals surface area contributed by atoms with E-state index in [0.29, 0.717) is 98.4 Å². The van der Waals surface area contributed by atoms with Gasteiger partial charge in [-0.05, 0) is 122 Å². The molecule has 0 radical (unpaired) electrons. The number of alkyl carbamates (subject to hydrolysis) is 2. The molecule has 4 fully saturated rings. The van der Waals surface area contributed by atoms with Crippen LogP contribution in [-0.2, 0) is 19.1 Å². The van der Waals surface area contributed by atoms with E-state index in [1.165, 1.54) is 44.0 Å². The number of halogens is 4. The van der Waals surface area contributed by atoms with Gasteiger partial charge in [-0.2, -0.15) is 0 Å². The summed E-state index contributed by atoms with van der Waals surface area (Å²) in [5, 5.41) is 7.60. The van der Waals surface area contributed by atoms with E-state index in [1.807, 2.05) is 39.8 Å². The number of likely N-dealkylation sites (tertiary alicyclic amines) is 2. The Hall–Kier alpha value is -7.90. The number of piperidine rings is 1. The second-order valence-electron chi connectivity index (χ2n) is 22.8. The summed E-state index contributed by atoms with van der Waals surface area (Å²) in [6, 6.07) is 18.6. The average Bonchev–Trinajstić information content (AvgIpc) is 4.20. The zero-order valence-electron chi connectivity index (χ0n) is 46.3. The topological polar surface area (TPSA) is 181 Å². The molecule has 16 nitrogen and oxygen atoms in total. The average molecular weight is 1110 g/mol. The molecule has 20 heteroatoms. The molecule has 6 heterocycles. The number of benzene rings is 5. The molecule has 6 atom stereocenters. The standard InChI is InChI=1S/C61H68F4N10O6/c1-32(2)53(70-60(78)80-5)58(76)73-21-9-13-51(73)56-66-45-28-39(41(62)30-47(45)68-56)49-17-18-50(40-29-46-48(31-42(40)63)69-57(67-46)52-14-10-22-74(52)59(77)54(33(3)4)71-61(79)81-6)75(49)38-26-43(64)55(44(65)27-38)72-23-19-35(20-24-72)37-16-15-34-11-7-8-12-36(34)25-37/h7-8,11-12,15-16,25-33,35,49-54H,9-10,13-14,17-24H2,1-6H3,(H,66,68)(H,67,69)(H,70,78)(H,71,79)/t49-,50-,51+,52+,53+,54+/m1/s1. The van der Waals surface area contributed by atoms with Crippen LogP contribution >= 0.6 is 0 Å². The molecule has 0 spiro atoms. The number of nitrogens with one attached hydrogen (secondary N) is 4. The molecule has 11 rings (SSSR count). The van der Waals surface area contributed by atoms with Gasteiger partial charge in [0, 0.05) is 43.0 Å². The number of carbonyl (C=O) groups is 4. The van der Waals surface area contributed by atoms with E-state index < -0.39 is 71.7 Å². The van der Waals surface area contributed by atoms with E-state index in [2.05, 4.69) is 50.9 Å². The molecule has 0 saturated carbocycles. The highest BCUT2D eigenvalue weighted by Crippen LogP contribution is 2.50. The van der Waals surface area contributed by atoms with Crippen LogP contribution in [0.3, 0.4) is 0 Å². The minimum Gasteiger partial charge on any atom is -0.453 e. The van der Waals surface area contributed by atoms with Gasteiger partial charge in [-0.1, -0.05) is 70.2 Å². The number of hydrogen-bond acceptors (Lipinski definition) is 10. The molecule has 4 saturated heterocycles. The van der Waals surface area contributed by atoms with Crippen LogP contribution in [0.25, 0.3) is 32.8 Å². The normalized spacial score (nSPS) is 20.5. The first-order chi connectivity index (χ1) is 39.0. The predicted octanol–water partition coefficient (Wildman–Crippen LogP) is 11.7. The third-order valence-electron chi connectivity index (χ3n) is 17.2. The van der Waals surface area contributed by atoms with Crippen molar-refractivity contribution < 1.29 is 46.2 Å². The molecule has 5 aromatic carbocycles. The Morgan fingerprint density at radius 3 is 1.52 bits per heavy atom. The number of amides is 4. The Morgan fingerprint density at radius 1 is 0.568 bits per heavy atom. The van der Waals surface area contributed by atoms with E-state index >= 15 is 17.6 Å². The van der Waals surface area contributed by atoms with E-state index in [9.17, 15) is 19.2 Å². The molecule has 0 bridgehead atoms. The van der Waals surface area contributed by atoms with Crippen LogP contribution in [0.1, 0.15) is 137 Å². The maximum atomic E-state index is 17.0. The number of hydrogen-bond donors (Lipinski definition) is 4. The third-order valence-corrected chi connectivity index (χ3v) is 17.2. The van der Waals surface area contributed by atoms with Gasteiger partial charge in [0.05, 0.1) is 60.5 Å². The van der Waals surface area contributed by atoms with E-state index in [-0.39, 0.29) is 64.9 Å². The number of carbonyl (C=O) groups excluding carboxylic acids is 4. The van der Waals surface area contributed by atoms with Crippen molar-refractivity contribution in [2.75, 3.05) is 50.2 Å². The lowest BCUT2D eigenvalue weighted by Crippen LogP contribution is -2.51. The second kappa shape index (κ2) is 22.6. The van der Waals surface area contributed by atoms with Crippen molar-refractivity contribution >= 4 is 68.2 Å². The number of nitrogens with zero attached hydrogens (tertiary/aromatic N) is 6. The van der Waals surface area contributed by atoms with Crippen LogP contribution in [0.15, 0.2) is 78.9 Å². The van der Waals surface area contributed by atoms with Crippen LogP contribution in [-0.4, -0.2) is 106 Å². The predicted molar refractivity (Wildman–Crippen MR) is 300 cm³/mol. The van der Waals surface area contributed by atoms with Gasteiger partial charge in [0.15, 0.2) is 11.6 Å². The Labute approximate surface area is 466 Å². The fraction of sp³-hybridized carbons (Fsp3) is 0.443. The summed E-state index contributed by atoms with van der Waals surface area (Å²) in [5.41, 5.74) is 3.03. The molecular formula is C61H68F4N10O6. The summed E-state index contributed by atoms with van der Waals surface area (Å²) in [4.78, 5) is 75.7. The van der Waals surface area contributed by atoms with Gasteiger partial charge in [-0.3, -0.25) is 9.59 Å². The first kappa shape index (κ1) is 55.0. The lowest BCUT2D eigenvalue weighted by Gasteiger charge is -2.36. The fourth-order valence-electron chi connectivity index (χ4n) is 13.0. The molecule has 81 heavy (non-hydrogen) atoms. The Bertz CT molecular complexity index is 3370. The van der Waals surface area contributed by atoms with Crippen molar-refractivity contribution in [3.63, 3.8) is 0 Å². The van der Waals surface area contributed by atoms with Crippen molar-refractivity contribution in [3.05, 3.63) is 130 Å². The molecule has 4 aliphatic heterocycles. The monoisotopic (exact) mass is 1110 g/mol. The minimum absolute atomic E-state index is 0.0949. The van der Waals surface area contributed by atoms with Gasteiger partial charge in [0.2, 0.25) is 11.8 Å². The summed E-state index contributed by atoms with van der Waals surface area (Å²) < 4.78 is 77.7. The zero-order chi connectivity index (χ0) is 57.0. The van der Waals surface area contributed by atoms with Crippen molar-refractivity contribution in [3.8, 4) is 0 Å². The molecule has 0 aliphatic carbocycles. The van der Waals surface area contributed by atoms with Crippen LogP contribution in [0.2, 0.25) is 0 Å². The molecular weight excluding hydrogens is 1040 g/mol. The van der Waals surface area contributed by atoms with Gasteiger partial charge in [-0.15, -0.1) is 0 Å².